The van der Waals surface area contributed by atoms with Crippen LogP contribution < -0.4 is 15.7 Å². The molecule has 0 saturated carbocycles. The number of amides is 2. The number of rotatable bonds is 4. The van der Waals surface area contributed by atoms with Gasteiger partial charge >= 0.3 is 5.63 Å². The largest absolute Gasteiger partial charge is 0.497 e. The Morgan fingerprint density at radius 3 is 2.56 bits per heavy atom. The van der Waals surface area contributed by atoms with Crippen molar-refractivity contribution in [3.05, 3.63) is 81.2 Å². The molecule has 0 aliphatic carbocycles. The molecule has 1 heterocycles. The zero-order valence-corrected chi connectivity index (χ0v) is 14.9. The minimum atomic E-state index is -0.852. The first-order chi connectivity index (χ1) is 13.0. The van der Waals surface area contributed by atoms with Crippen LogP contribution in [0.3, 0.4) is 0 Å². The van der Waals surface area contributed by atoms with Crippen molar-refractivity contribution in [1.82, 2.24) is 5.32 Å². The maximum Gasteiger partial charge on any atom is 0.349 e. The van der Waals surface area contributed by atoms with E-state index in [1.54, 1.807) is 43.5 Å². The van der Waals surface area contributed by atoms with Crippen LogP contribution in [0.1, 0.15) is 15.9 Å². The van der Waals surface area contributed by atoms with Crippen LogP contribution in [0, 0.1) is 0 Å². The van der Waals surface area contributed by atoms with Crippen molar-refractivity contribution in [1.29, 1.82) is 0 Å². The molecule has 2 amide bonds. The molecule has 6 nitrogen and oxygen atoms in total. The Kier molecular flexibility index (Phi) is 5.38. The van der Waals surface area contributed by atoms with Gasteiger partial charge in [-0.05, 0) is 48.0 Å². The average Bonchev–Trinajstić information content (AvgIpc) is 2.66. The van der Waals surface area contributed by atoms with E-state index in [0.29, 0.717) is 21.7 Å². The van der Waals surface area contributed by atoms with Crippen LogP contribution >= 0.6 is 11.6 Å². The monoisotopic (exact) mass is 383 g/mol. The summed E-state index contributed by atoms with van der Waals surface area (Å²) in [7, 11) is 1.56. The number of hydrogen-bond acceptors (Lipinski definition) is 5. The first-order valence-electron chi connectivity index (χ1n) is 7.87. The summed E-state index contributed by atoms with van der Waals surface area (Å²) in [6.07, 6.45) is 2.73. The molecular weight excluding hydrogens is 370 g/mol. The molecule has 0 unspecified atom stereocenters. The average molecular weight is 384 g/mol. The van der Waals surface area contributed by atoms with Gasteiger partial charge < -0.3 is 9.15 Å². The van der Waals surface area contributed by atoms with Crippen molar-refractivity contribution in [3.63, 3.8) is 0 Å². The molecule has 0 fully saturated rings. The minimum Gasteiger partial charge on any atom is -0.497 e. The van der Waals surface area contributed by atoms with Crippen molar-refractivity contribution < 1.29 is 18.7 Å². The summed E-state index contributed by atoms with van der Waals surface area (Å²) in [5.41, 5.74) is -0.0739. The number of imide groups is 1. The van der Waals surface area contributed by atoms with Crippen LogP contribution in [0.15, 0.2) is 63.8 Å². The standard InChI is InChI=1S/C20H14ClNO5/c1-26-15-6-2-12(3-7-15)4-9-18(23)22-19(24)16-11-13-10-14(21)5-8-17(13)27-20(16)25/h2-11H,1H3,(H,22,23,24). The maximum absolute atomic E-state index is 12.2. The number of fused-ring (bicyclic) bond motifs is 1. The lowest BCUT2D eigenvalue weighted by atomic mass is 10.1. The summed E-state index contributed by atoms with van der Waals surface area (Å²) >= 11 is 5.90. The van der Waals surface area contributed by atoms with Gasteiger partial charge in [0.1, 0.15) is 16.9 Å². The lowest BCUT2D eigenvalue weighted by Crippen LogP contribution is -2.32. The number of benzene rings is 2. The third-order valence-corrected chi connectivity index (χ3v) is 3.95. The number of hydrogen-bond donors (Lipinski definition) is 1. The summed E-state index contributed by atoms with van der Waals surface area (Å²) in [5.74, 6) is -0.827. The normalized spacial score (nSPS) is 10.9. The molecule has 0 saturated heterocycles. The number of ether oxygens (including phenoxy) is 1. The highest BCUT2D eigenvalue weighted by Gasteiger charge is 2.15. The van der Waals surface area contributed by atoms with E-state index in [9.17, 15) is 14.4 Å². The summed E-state index contributed by atoms with van der Waals surface area (Å²) in [5, 5.41) is 3.04. The Morgan fingerprint density at radius 1 is 1.11 bits per heavy atom. The van der Waals surface area contributed by atoms with Gasteiger partial charge in [0.05, 0.1) is 7.11 Å². The molecule has 27 heavy (non-hydrogen) atoms. The van der Waals surface area contributed by atoms with E-state index in [4.69, 9.17) is 20.8 Å². The zero-order chi connectivity index (χ0) is 19.4. The van der Waals surface area contributed by atoms with Gasteiger partial charge in [-0.2, -0.15) is 0 Å². The molecule has 0 spiro atoms. The summed E-state index contributed by atoms with van der Waals surface area (Å²) in [6.45, 7) is 0. The van der Waals surface area contributed by atoms with Crippen molar-refractivity contribution in [2.45, 2.75) is 0 Å². The highest BCUT2D eigenvalue weighted by atomic mass is 35.5. The maximum atomic E-state index is 12.2. The van der Waals surface area contributed by atoms with Crippen LogP contribution in [-0.2, 0) is 4.79 Å². The molecule has 0 radical (unpaired) electrons. The Morgan fingerprint density at radius 2 is 1.85 bits per heavy atom. The van der Waals surface area contributed by atoms with Crippen LogP contribution in [0.5, 0.6) is 5.75 Å². The summed E-state index contributed by atoms with van der Waals surface area (Å²) in [6, 6.07) is 13.0. The van der Waals surface area contributed by atoms with Gasteiger partial charge in [-0.25, -0.2) is 4.79 Å². The molecule has 0 aliphatic heterocycles. The molecule has 2 aromatic carbocycles. The Bertz CT molecular complexity index is 1100. The molecule has 3 aromatic rings. The smallest absolute Gasteiger partial charge is 0.349 e. The molecule has 136 valence electrons. The second-order valence-electron chi connectivity index (χ2n) is 5.55. The van der Waals surface area contributed by atoms with Crippen LogP contribution in [-0.4, -0.2) is 18.9 Å². The van der Waals surface area contributed by atoms with E-state index >= 15 is 0 Å². The lowest BCUT2D eigenvalue weighted by Gasteiger charge is -2.03. The van der Waals surface area contributed by atoms with Gasteiger partial charge in [0.2, 0.25) is 0 Å². The molecular formula is C20H14ClNO5. The van der Waals surface area contributed by atoms with E-state index in [0.717, 1.165) is 5.56 Å². The predicted molar refractivity (Wildman–Crippen MR) is 102 cm³/mol. The fourth-order valence-corrected chi connectivity index (χ4v) is 2.54. The number of nitrogens with one attached hydrogen (secondary N) is 1. The van der Waals surface area contributed by atoms with Crippen LogP contribution in [0.25, 0.3) is 17.0 Å². The Hall–Kier alpha value is -3.38. The summed E-state index contributed by atoms with van der Waals surface area (Å²) < 4.78 is 10.1. The quantitative estimate of drug-likeness (QED) is 0.551. The number of carbonyl (C=O) groups is 2. The molecule has 3 rings (SSSR count). The van der Waals surface area contributed by atoms with Gasteiger partial charge in [-0.1, -0.05) is 23.7 Å². The van der Waals surface area contributed by atoms with E-state index in [-0.39, 0.29) is 5.56 Å². The summed E-state index contributed by atoms with van der Waals surface area (Å²) in [4.78, 5) is 36.2. The van der Waals surface area contributed by atoms with Gasteiger partial charge in [0.15, 0.2) is 0 Å². The zero-order valence-electron chi connectivity index (χ0n) is 14.2. The molecule has 7 heteroatoms. The van der Waals surface area contributed by atoms with Crippen molar-refractivity contribution in [3.8, 4) is 5.75 Å². The SMILES string of the molecule is COc1ccc(C=CC(=O)NC(=O)c2cc3cc(Cl)ccc3oc2=O)cc1. The van der Waals surface area contributed by atoms with E-state index in [2.05, 4.69) is 5.32 Å². The van der Waals surface area contributed by atoms with Gasteiger partial charge in [-0.3, -0.25) is 14.9 Å². The highest BCUT2D eigenvalue weighted by Crippen LogP contribution is 2.18. The first kappa shape index (κ1) is 18.4. The van der Waals surface area contributed by atoms with Gasteiger partial charge in [0.25, 0.3) is 11.8 Å². The van der Waals surface area contributed by atoms with E-state index in [1.165, 1.54) is 24.3 Å². The van der Waals surface area contributed by atoms with Gasteiger partial charge in [0, 0.05) is 16.5 Å². The molecule has 0 aliphatic rings. The van der Waals surface area contributed by atoms with E-state index in [1.807, 2.05) is 0 Å². The van der Waals surface area contributed by atoms with Crippen molar-refractivity contribution in [2.75, 3.05) is 7.11 Å². The highest BCUT2D eigenvalue weighted by molar-refractivity contribution is 6.31. The van der Waals surface area contributed by atoms with Crippen LogP contribution in [0.4, 0.5) is 0 Å². The third-order valence-electron chi connectivity index (χ3n) is 3.72. The van der Waals surface area contributed by atoms with E-state index < -0.39 is 17.4 Å². The van der Waals surface area contributed by atoms with Crippen molar-refractivity contribution >= 4 is 40.5 Å². The van der Waals surface area contributed by atoms with Crippen molar-refractivity contribution in [2.24, 2.45) is 0 Å². The molecule has 1 aromatic heterocycles. The molecule has 0 atom stereocenters. The second-order valence-corrected chi connectivity index (χ2v) is 5.99. The second kappa shape index (κ2) is 7.88. The Labute approximate surface area is 159 Å². The van der Waals surface area contributed by atoms with Crippen LogP contribution in [0.2, 0.25) is 5.02 Å². The fourth-order valence-electron chi connectivity index (χ4n) is 2.36. The van der Waals surface area contributed by atoms with Gasteiger partial charge in [-0.15, -0.1) is 0 Å². The fraction of sp³-hybridized carbons (Fsp3) is 0.0500. The molecule has 0 bridgehead atoms. The molecule has 1 N–H and O–H groups in total. The lowest BCUT2D eigenvalue weighted by molar-refractivity contribution is -0.115. The number of methoxy groups -OCH3 is 1. The minimum absolute atomic E-state index is 0.282. The third kappa shape index (κ3) is 4.43. The first-order valence-corrected chi connectivity index (χ1v) is 8.25. The number of halogens is 1. The predicted octanol–water partition coefficient (Wildman–Crippen LogP) is 3.42. The number of carbonyl (C=O) groups excluding carboxylic acids is 2. The topological polar surface area (TPSA) is 85.6 Å². The Balaban J connectivity index is 1.75.